The average molecular weight is 321 g/mol. The minimum atomic E-state index is -0.564. The lowest BCUT2D eigenvalue weighted by Crippen LogP contribution is -2.31. The van der Waals surface area contributed by atoms with Gasteiger partial charge in [0.15, 0.2) is 0 Å². The standard InChI is InChI=1S/C15H19N3O5/c1-17(8-14(19)10-22-2)7-12-9-23-15(16-12)11-3-5-13(6-4-11)18(20)21/h3-6,9,14,19H,7-8,10H2,1-2H3. The second kappa shape index (κ2) is 7.82. The third-order valence-corrected chi connectivity index (χ3v) is 3.19. The molecule has 0 amide bonds. The maximum absolute atomic E-state index is 10.6. The lowest BCUT2D eigenvalue weighted by molar-refractivity contribution is -0.384. The van der Waals surface area contributed by atoms with Crippen LogP contribution in [0.25, 0.3) is 11.5 Å². The van der Waals surface area contributed by atoms with E-state index in [0.29, 0.717) is 30.2 Å². The molecule has 2 rings (SSSR count). The third kappa shape index (κ3) is 4.85. The predicted molar refractivity (Wildman–Crippen MR) is 82.8 cm³/mol. The first-order valence-corrected chi connectivity index (χ1v) is 7.04. The van der Waals surface area contributed by atoms with Crippen molar-refractivity contribution in [3.05, 3.63) is 46.3 Å². The Kier molecular flexibility index (Phi) is 5.80. The molecule has 1 unspecified atom stereocenters. The number of hydrogen-bond acceptors (Lipinski definition) is 7. The number of nitro groups is 1. The highest BCUT2D eigenvalue weighted by molar-refractivity contribution is 5.55. The van der Waals surface area contributed by atoms with Gasteiger partial charge in [0.1, 0.15) is 6.26 Å². The number of benzene rings is 1. The molecule has 1 aromatic carbocycles. The van der Waals surface area contributed by atoms with Crippen molar-refractivity contribution in [2.75, 3.05) is 27.3 Å². The molecule has 2 aromatic rings. The quantitative estimate of drug-likeness (QED) is 0.583. The fraction of sp³-hybridized carbons (Fsp3) is 0.400. The van der Waals surface area contributed by atoms with Crippen molar-refractivity contribution >= 4 is 5.69 Å². The van der Waals surface area contributed by atoms with Crippen molar-refractivity contribution in [3.63, 3.8) is 0 Å². The van der Waals surface area contributed by atoms with Gasteiger partial charge in [0, 0.05) is 37.9 Å². The molecule has 8 nitrogen and oxygen atoms in total. The molecule has 0 saturated heterocycles. The molecule has 0 radical (unpaired) electrons. The molecule has 0 saturated carbocycles. The van der Waals surface area contributed by atoms with Gasteiger partial charge in [-0.25, -0.2) is 4.98 Å². The molecule has 23 heavy (non-hydrogen) atoms. The summed E-state index contributed by atoms with van der Waals surface area (Å²) in [4.78, 5) is 16.4. The topological polar surface area (TPSA) is 102 Å². The summed E-state index contributed by atoms with van der Waals surface area (Å²) in [7, 11) is 3.40. The van der Waals surface area contributed by atoms with Gasteiger partial charge in [-0.2, -0.15) is 0 Å². The summed E-state index contributed by atoms with van der Waals surface area (Å²) in [6, 6.07) is 6.01. The van der Waals surface area contributed by atoms with Crippen LogP contribution in [0.15, 0.2) is 34.9 Å². The van der Waals surface area contributed by atoms with E-state index in [-0.39, 0.29) is 12.3 Å². The normalized spacial score (nSPS) is 12.5. The molecule has 124 valence electrons. The van der Waals surface area contributed by atoms with E-state index in [2.05, 4.69) is 4.98 Å². The van der Waals surface area contributed by atoms with Crippen LogP contribution in [0.4, 0.5) is 5.69 Å². The number of methoxy groups -OCH3 is 1. The molecule has 0 fully saturated rings. The Morgan fingerprint density at radius 2 is 2.13 bits per heavy atom. The van der Waals surface area contributed by atoms with Crippen LogP contribution in [-0.4, -0.2) is 53.3 Å². The second-order valence-electron chi connectivity index (χ2n) is 5.25. The van der Waals surface area contributed by atoms with E-state index < -0.39 is 11.0 Å². The minimum Gasteiger partial charge on any atom is -0.444 e. The van der Waals surface area contributed by atoms with E-state index in [0.717, 1.165) is 0 Å². The third-order valence-electron chi connectivity index (χ3n) is 3.19. The van der Waals surface area contributed by atoms with Gasteiger partial charge in [-0.3, -0.25) is 15.0 Å². The fourth-order valence-corrected chi connectivity index (χ4v) is 2.18. The summed E-state index contributed by atoms with van der Waals surface area (Å²) in [5, 5.41) is 20.3. The predicted octanol–water partition coefficient (Wildman–Crippen LogP) is 1.69. The summed E-state index contributed by atoms with van der Waals surface area (Å²) in [6.07, 6.45) is 0.974. The number of non-ortho nitro benzene ring substituents is 1. The van der Waals surface area contributed by atoms with Gasteiger partial charge in [-0.1, -0.05) is 0 Å². The molecule has 0 aliphatic heterocycles. The van der Waals surface area contributed by atoms with Gasteiger partial charge in [0.2, 0.25) is 5.89 Å². The van der Waals surface area contributed by atoms with Crippen LogP contribution < -0.4 is 0 Å². The highest BCUT2D eigenvalue weighted by atomic mass is 16.6. The number of ether oxygens (including phenoxy) is 1. The Morgan fingerprint density at radius 3 is 2.74 bits per heavy atom. The van der Waals surface area contributed by atoms with Crippen molar-refractivity contribution in [2.45, 2.75) is 12.6 Å². The van der Waals surface area contributed by atoms with E-state index in [1.807, 2.05) is 11.9 Å². The molecule has 1 N–H and O–H groups in total. The van der Waals surface area contributed by atoms with Crippen LogP contribution in [0.2, 0.25) is 0 Å². The Hall–Kier alpha value is -2.29. The van der Waals surface area contributed by atoms with Gasteiger partial charge >= 0.3 is 0 Å². The molecule has 1 atom stereocenters. The maximum Gasteiger partial charge on any atom is 0.269 e. The average Bonchev–Trinajstić information content (AvgIpc) is 2.95. The monoisotopic (exact) mass is 321 g/mol. The Bertz CT molecular complexity index is 641. The first kappa shape index (κ1) is 17.1. The van der Waals surface area contributed by atoms with Crippen molar-refractivity contribution in [3.8, 4) is 11.5 Å². The molecular weight excluding hydrogens is 302 g/mol. The highest BCUT2D eigenvalue weighted by Crippen LogP contribution is 2.22. The smallest absolute Gasteiger partial charge is 0.269 e. The number of nitrogens with zero attached hydrogens (tertiary/aromatic N) is 3. The van der Waals surface area contributed by atoms with E-state index in [4.69, 9.17) is 9.15 Å². The maximum atomic E-state index is 10.6. The zero-order valence-corrected chi connectivity index (χ0v) is 13.0. The van der Waals surface area contributed by atoms with Crippen molar-refractivity contribution in [2.24, 2.45) is 0 Å². The fourth-order valence-electron chi connectivity index (χ4n) is 2.18. The van der Waals surface area contributed by atoms with E-state index in [1.165, 1.54) is 25.5 Å². The van der Waals surface area contributed by atoms with Crippen LogP contribution in [0.5, 0.6) is 0 Å². The largest absolute Gasteiger partial charge is 0.444 e. The molecule has 0 aliphatic rings. The number of hydrogen-bond donors (Lipinski definition) is 1. The van der Waals surface area contributed by atoms with Crippen LogP contribution in [0.1, 0.15) is 5.69 Å². The lowest BCUT2D eigenvalue weighted by Gasteiger charge is -2.18. The molecule has 1 aromatic heterocycles. The number of likely N-dealkylation sites (N-methyl/N-ethyl adjacent to an activating group) is 1. The van der Waals surface area contributed by atoms with E-state index >= 15 is 0 Å². The summed E-state index contributed by atoms with van der Waals surface area (Å²) < 4.78 is 10.3. The molecule has 0 aliphatic carbocycles. The zero-order chi connectivity index (χ0) is 16.8. The summed E-state index contributed by atoms with van der Waals surface area (Å²) >= 11 is 0. The first-order valence-electron chi connectivity index (χ1n) is 7.04. The van der Waals surface area contributed by atoms with Crippen molar-refractivity contribution < 1.29 is 19.2 Å². The van der Waals surface area contributed by atoms with Crippen LogP contribution >= 0.6 is 0 Å². The van der Waals surface area contributed by atoms with Gasteiger partial charge in [-0.05, 0) is 19.2 Å². The van der Waals surface area contributed by atoms with Crippen LogP contribution in [0.3, 0.4) is 0 Å². The molecule has 0 bridgehead atoms. The number of nitro benzene ring substituents is 1. The van der Waals surface area contributed by atoms with Gasteiger partial charge in [0.25, 0.3) is 5.69 Å². The van der Waals surface area contributed by atoms with E-state index in [9.17, 15) is 15.2 Å². The van der Waals surface area contributed by atoms with Crippen LogP contribution in [0, 0.1) is 10.1 Å². The van der Waals surface area contributed by atoms with E-state index in [1.54, 1.807) is 12.1 Å². The summed E-state index contributed by atoms with van der Waals surface area (Å²) in [5.41, 5.74) is 1.40. The summed E-state index contributed by atoms with van der Waals surface area (Å²) in [6.45, 7) is 1.24. The Morgan fingerprint density at radius 1 is 1.43 bits per heavy atom. The molecule has 0 spiro atoms. The van der Waals surface area contributed by atoms with Crippen LogP contribution in [-0.2, 0) is 11.3 Å². The van der Waals surface area contributed by atoms with Gasteiger partial charge < -0.3 is 14.3 Å². The van der Waals surface area contributed by atoms with Gasteiger partial charge in [0.05, 0.1) is 23.3 Å². The second-order valence-corrected chi connectivity index (χ2v) is 5.25. The zero-order valence-electron chi connectivity index (χ0n) is 13.0. The number of aliphatic hydroxyl groups excluding tert-OH is 1. The number of rotatable bonds is 8. The van der Waals surface area contributed by atoms with Crippen molar-refractivity contribution in [1.82, 2.24) is 9.88 Å². The molecule has 8 heteroatoms. The lowest BCUT2D eigenvalue weighted by atomic mass is 10.2. The SMILES string of the molecule is COCC(O)CN(C)Cc1coc(-c2ccc([N+](=O)[O-])cc2)n1. The van der Waals surface area contributed by atoms with Gasteiger partial charge in [-0.15, -0.1) is 0 Å². The first-order chi connectivity index (χ1) is 11.0. The molecular formula is C15H19N3O5. The molecule has 1 heterocycles. The minimum absolute atomic E-state index is 0.0207. The highest BCUT2D eigenvalue weighted by Gasteiger charge is 2.13. The van der Waals surface area contributed by atoms with Crippen molar-refractivity contribution in [1.29, 1.82) is 0 Å². The number of aliphatic hydroxyl groups is 1. The number of aromatic nitrogens is 1. The Labute approximate surface area is 133 Å². The summed E-state index contributed by atoms with van der Waals surface area (Å²) in [5.74, 6) is 0.403. The number of oxazole rings is 1. The Balaban J connectivity index is 1.98.